The summed E-state index contributed by atoms with van der Waals surface area (Å²) < 4.78 is 43.7. The molecule has 3 aromatic carbocycles. The second kappa shape index (κ2) is 10.1. The van der Waals surface area contributed by atoms with E-state index in [2.05, 4.69) is 16.5 Å². The molecule has 3 aromatic rings. The Bertz CT molecular complexity index is 1410. The average molecular weight is 530 g/mol. The molecule has 190 valence electrons. The molecule has 5 rings (SSSR count). The summed E-state index contributed by atoms with van der Waals surface area (Å²) in [6.45, 7) is 4.32. The maximum Gasteiger partial charge on any atom is 0.245 e. The number of anilines is 1. The molecule has 2 aliphatic heterocycles. The number of amides is 1. The molecule has 2 heterocycles. The van der Waals surface area contributed by atoms with Crippen LogP contribution < -0.4 is 9.62 Å². The Kier molecular flexibility index (Phi) is 7.05. The Morgan fingerprint density at radius 2 is 1.69 bits per heavy atom. The van der Waals surface area contributed by atoms with Crippen molar-refractivity contribution in [2.75, 3.05) is 24.5 Å². The van der Waals surface area contributed by atoms with Gasteiger partial charge in [0.05, 0.1) is 10.6 Å². The number of benzene rings is 3. The number of carbonyl (C=O) groups excluding carboxylic acids is 1. The number of nitrogens with zero attached hydrogens (tertiary/aromatic N) is 2. The van der Waals surface area contributed by atoms with E-state index in [1.165, 1.54) is 23.5 Å². The first-order valence-corrected chi connectivity index (χ1v) is 14.2. The molecule has 2 atom stereocenters. The van der Waals surface area contributed by atoms with Crippen LogP contribution in [0.3, 0.4) is 0 Å². The van der Waals surface area contributed by atoms with Crippen LogP contribution in [0.25, 0.3) is 10.8 Å². The van der Waals surface area contributed by atoms with Crippen molar-refractivity contribution in [3.63, 3.8) is 0 Å². The summed E-state index contributed by atoms with van der Waals surface area (Å²) in [4.78, 5) is 16.8. The van der Waals surface area contributed by atoms with Crippen LogP contribution in [0.4, 0.5) is 10.1 Å². The second-order valence-electron chi connectivity index (χ2n) is 9.59. The predicted molar refractivity (Wildman–Crippen MR) is 140 cm³/mol. The van der Waals surface area contributed by atoms with Gasteiger partial charge in [0, 0.05) is 17.6 Å². The van der Waals surface area contributed by atoms with Gasteiger partial charge in [-0.2, -0.15) is 4.72 Å². The first-order valence-electron chi connectivity index (χ1n) is 12.3. The van der Waals surface area contributed by atoms with Gasteiger partial charge in [0.15, 0.2) is 0 Å². The molecule has 0 aliphatic carbocycles. The highest BCUT2D eigenvalue weighted by atomic mass is 35.5. The topological polar surface area (TPSA) is 69.7 Å². The molecule has 1 amide bonds. The molecule has 0 spiro atoms. The lowest BCUT2D eigenvalue weighted by atomic mass is 10.0. The number of hydrogen-bond donors (Lipinski definition) is 1. The van der Waals surface area contributed by atoms with Crippen molar-refractivity contribution in [3.05, 3.63) is 71.0 Å². The van der Waals surface area contributed by atoms with Crippen molar-refractivity contribution in [2.24, 2.45) is 0 Å². The van der Waals surface area contributed by atoms with Gasteiger partial charge < -0.3 is 4.90 Å². The number of fused-ring (bicyclic) bond motifs is 1. The summed E-state index contributed by atoms with van der Waals surface area (Å²) in [6, 6.07) is 14.1. The number of piperidine rings is 1. The van der Waals surface area contributed by atoms with Crippen LogP contribution in [-0.4, -0.2) is 44.9 Å². The monoisotopic (exact) mass is 529 g/mol. The Morgan fingerprint density at radius 1 is 0.972 bits per heavy atom. The molecule has 0 radical (unpaired) electrons. The lowest BCUT2D eigenvalue weighted by molar-refractivity contribution is -0.118. The van der Waals surface area contributed by atoms with Crippen LogP contribution >= 0.6 is 11.6 Å². The molecule has 6 nitrogen and oxygen atoms in total. The van der Waals surface area contributed by atoms with E-state index in [1.54, 1.807) is 36.4 Å². The number of hydrogen-bond acceptors (Lipinski definition) is 4. The molecular weight excluding hydrogens is 501 g/mol. The molecule has 2 fully saturated rings. The number of carbonyl (C=O) groups is 1. The molecule has 0 bridgehead atoms. The van der Waals surface area contributed by atoms with Crippen LogP contribution in [0.5, 0.6) is 0 Å². The Balaban J connectivity index is 1.30. The van der Waals surface area contributed by atoms with Gasteiger partial charge in [0.25, 0.3) is 0 Å². The van der Waals surface area contributed by atoms with Gasteiger partial charge in [-0.15, -0.1) is 0 Å². The zero-order valence-electron chi connectivity index (χ0n) is 20.1. The van der Waals surface area contributed by atoms with Gasteiger partial charge in [-0.25, -0.2) is 12.8 Å². The molecule has 0 saturated carbocycles. The van der Waals surface area contributed by atoms with Crippen molar-refractivity contribution in [2.45, 2.75) is 49.6 Å². The van der Waals surface area contributed by atoms with Crippen LogP contribution in [0, 0.1) is 5.82 Å². The fraction of sp³-hybridized carbons (Fsp3) is 0.370. The van der Waals surface area contributed by atoms with Crippen molar-refractivity contribution in [3.8, 4) is 0 Å². The third kappa shape index (κ3) is 5.00. The molecule has 2 unspecified atom stereocenters. The lowest BCUT2D eigenvalue weighted by Crippen LogP contribution is -2.41. The summed E-state index contributed by atoms with van der Waals surface area (Å²) in [5.74, 6) is -0.928. The number of halogens is 2. The van der Waals surface area contributed by atoms with E-state index >= 15 is 4.39 Å². The Labute approximate surface area is 216 Å². The average Bonchev–Trinajstić information content (AvgIpc) is 3.22. The maximum atomic E-state index is 15.1. The van der Waals surface area contributed by atoms with Gasteiger partial charge in [0.1, 0.15) is 11.9 Å². The molecular formula is C27H29ClFN3O3S. The highest BCUT2D eigenvalue weighted by molar-refractivity contribution is 7.89. The number of rotatable bonds is 6. The third-order valence-corrected chi connectivity index (χ3v) is 8.97. The lowest BCUT2D eigenvalue weighted by Gasteiger charge is -2.32. The van der Waals surface area contributed by atoms with Crippen LogP contribution in [0.15, 0.2) is 59.5 Å². The van der Waals surface area contributed by atoms with Crippen molar-refractivity contribution in [1.29, 1.82) is 0 Å². The van der Waals surface area contributed by atoms with Gasteiger partial charge in [-0.1, -0.05) is 36.2 Å². The smallest absolute Gasteiger partial charge is 0.245 e. The number of likely N-dealkylation sites (tertiary alicyclic amines) is 1. The van der Waals surface area contributed by atoms with E-state index in [1.807, 2.05) is 6.07 Å². The zero-order valence-corrected chi connectivity index (χ0v) is 21.7. The quantitative estimate of drug-likeness (QED) is 0.473. The summed E-state index contributed by atoms with van der Waals surface area (Å²) in [5, 5.41) is 2.11. The first-order chi connectivity index (χ1) is 17.2. The Hall–Kier alpha value is -2.52. The first kappa shape index (κ1) is 25.1. The predicted octanol–water partition coefficient (Wildman–Crippen LogP) is 5.26. The van der Waals surface area contributed by atoms with Gasteiger partial charge in [-0.05, 0) is 92.0 Å². The highest BCUT2D eigenvalue weighted by Gasteiger charge is 2.37. The van der Waals surface area contributed by atoms with E-state index in [0.717, 1.165) is 42.3 Å². The van der Waals surface area contributed by atoms with Gasteiger partial charge >= 0.3 is 0 Å². The minimum absolute atomic E-state index is 0.0609. The van der Waals surface area contributed by atoms with Gasteiger partial charge in [-0.3, -0.25) is 9.69 Å². The number of nitrogens with one attached hydrogen (secondary N) is 1. The van der Waals surface area contributed by atoms with Crippen LogP contribution in [0.2, 0.25) is 5.02 Å². The normalized spacial score (nSPS) is 20.2. The summed E-state index contributed by atoms with van der Waals surface area (Å²) >= 11 is 6.01. The van der Waals surface area contributed by atoms with E-state index < -0.39 is 27.8 Å². The third-order valence-electron chi connectivity index (χ3n) is 7.27. The van der Waals surface area contributed by atoms with E-state index in [4.69, 9.17) is 11.6 Å². The molecule has 2 saturated heterocycles. The minimum atomic E-state index is -3.95. The van der Waals surface area contributed by atoms with Crippen molar-refractivity contribution < 1.29 is 17.6 Å². The largest absolute Gasteiger partial charge is 0.308 e. The second-order valence-corrected chi connectivity index (χ2v) is 11.7. The van der Waals surface area contributed by atoms with Crippen molar-refractivity contribution >= 4 is 44.0 Å². The SMILES string of the molecule is CC(c1ccc(N2CCC(NS(=O)(=O)c3ccc4cc(Cl)ccc4c3)C2=O)c(F)c1)N1CCCCC1. The summed E-state index contributed by atoms with van der Waals surface area (Å²) in [7, 11) is -3.95. The fourth-order valence-electron chi connectivity index (χ4n) is 5.16. The molecule has 36 heavy (non-hydrogen) atoms. The molecule has 9 heteroatoms. The fourth-order valence-corrected chi connectivity index (χ4v) is 6.60. The van der Waals surface area contributed by atoms with Crippen molar-refractivity contribution in [1.82, 2.24) is 9.62 Å². The highest BCUT2D eigenvalue weighted by Crippen LogP contribution is 2.31. The van der Waals surface area contributed by atoms with Gasteiger partial charge in [0.2, 0.25) is 15.9 Å². The van der Waals surface area contributed by atoms with E-state index in [-0.39, 0.29) is 29.6 Å². The summed E-state index contributed by atoms with van der Waals surface area (Å²) in [6.07, 6.45) is 3.79. The Morgan fingerprint density at radius 3 is 2.44 bits per heavy atom. The zero-order chi connectivity index (χ0) is 25.4. The van der Waals surface area contributed by atoms with Crippen LogP contribution in [0.1, 0.15) is 44.2 Å². The van der Waals surface area contributed by atoms with E-state index in [9.17, 15) is 13.2 Å². The summed E-state index contributed by atoms with van der Waals surface area (Å²) in [5.41, 5.74) is 1.05. The van der Waals surface area contributed by atoms with Crippen LogP contribution in [-0.2, 0) is 14.8 Å². The standard InChI is InChI=1S/C27H29ClFN3O3S/c1-18(31-12-3-2-4-13-31)19-7-10-26(24(29)17-19)32-14-11-25(27(32)33)30-36(34,35)23-9-6-20-15-22(28)8-5-21(20)16-23/h5-10,15-18,25,30H,2-4,11-14H2,1H3. The maximum absolute atomic E-state index is 15.1. The number of sulfonamides is 1. The molecule has 1 N–H and O–H groups in total. The minimum Gasteiger partial charge on any atom is -0.308 e. The molecule has 2 aliphatic rings. The van der Waals surface area contributed by atoms with E-state index in [0.29, 0.717) is 5.02 Å². The molecule has 0 aromatic heterocycles.